The third-order valence-corrected chi connectivity index (χ3v) is 2.95. The van der Waals surface area contributed by atoms with Gasteiger partial charge in [0, 0.05) is 23.9 Å². The zero-order valence-electron chi connectivity index (χ0n) is 11.7. The van der Waals surface area contributed by atoms with Crippen LogP contribution in [0.25, 0.3) is 0 Å². The summed E-state index contributed by atoms with van der Waals surface area (Å²) in [7, 11) is 0. The van der Waals surface area contributed by atoms with Crippen molar-refractivity contribution in [2.45, 2.75) is 13.5 Å². The molecule has 0 bridgehead atoms. The first-order valence-corrected chi connectivity index (χ1v) is 6.62. The molecule has 0 aliphatic carbocycles. The fraction of sp³-hybridized carbons (Fsp3) is 0.188. The monoisotopic (exact) mass is 287 g/mol. The average Bonchev–Trinajstić information content (AvgIpc) is 2.47. The largest absolute Gasteiger partial charge is 0.508 e. The van der Waals surface area contributed by atoms with Crippen LogP contribution < -0.4 is 5.32 Å². The van der Waals surface area contributed by atoms with Crippen LogP contribution in [0.1, 0.15) is 22.8 Å². The summed E-state index contributed by atoms with van der Waals surface area (Å²) in [6.45, 7) is 2.52. The van der Waals surface area contributed by atoms with Gasteiger partial charge in [-0.15, -0.1) is 0 Å². The number of esters is 1. The highest BCUT2D eigenvalue weighted by Gasteiger charge is 2.06. The van der Waals surface area contributed by atoms with E-state index in [1.54, 1.807) is 37.3 Å². The van der Waals surface area contributed by atoms with Gasteiger partial charge >= 0.3 is 5.97 Å². The number of ether oxygens (including phenoxy) is 1. The molecule has 5 nitrogen and oxygen atoms in total. The number of phenolic OH excluding ortho intramolecular Hbond substituents is 2. The molecular formula is C16H17NO4. The number of hydrogen-bond acceptors (Lipinski definition) is 5. The number of hydrogen-bond donors (Lipinski definition) is 3. The smallest absolute Gasteiger partial charge is 0.338 e. The van der Waals surface area contributed by atoms with E-state index in [4.69, 9.17) is 4.74 Å². The molecule has 3 N–H and O–H groups in total. The van der Waals surface area contributed by atoms with Crippen molar-refractivity contribution in [3.05, 3.63) is 53.6 Å². The van der Waals surface area contributed by atoms with E-state index in [0.717, 1.165) is 5.69 Å². The van der Waals surface area contributed by atoms with E-state index in [-0.39, 0.29) is 17.5 Å². The van der Waals surface area contributed by atoms with Gasteiger partial charge in [0.1, 0.15) is 11.5 Å². The van der Waals surface area contributed by atoms with E-state index < -0.39 is 0 Å². The summed E-state index contributed by atoms with van der Waals surface area (Å²) in [5.41, 5.74) is 1.98. The standard InChI is InChI=1S/C16H17NO4/c1-2-21-16(20)11-3-6-13(7-4-11)17-10-12-5-8-14(18)9-15(12)19/h3-9,17-19H,2,10H2,1H3. The Labute approximate surface area is 122 Å². The molecule has 0 saturated carbocycles. The molecule has 0 saturated heterocycles. The van der Waals surface area contributed by atoms with Crippen LogP contribution in [0.4, 0.5) is 5.69 Å². The average molecular weight is 287 g/mol. The molecule has 2 aromatic carbocycles. The predicted molar refractivity (Wildman–Crippen MR) is 79.5 cm³/mol. The topological polar surface area (TPSA) is 78.8 Å². The highest BCUT2D eigenvalue weighted by molar-refractivity contribution is 5.89. The molecule has 5 heteroatoms. The van der Waals surface area contributed by atoms with Crippen LogP contribution in [0, 0.1) is 0 Å². The lowest BCUT2D eigenvalue weighted by Crippen LogP contribution is -2.05. The van der Waals surface area contributed by atoms with Gasteiger partial charge in [-0.2, -0.15) is 0 Å². The molecule has 0 aromatic heterocycles. The van der Waals surface area contributed by atoms with Crippen LogP contribution >= 0.6 is 0 Å². The third kappa shape index (κ3) is 3.89. The van der Waals surface area contributed by atoms with Crippen molar-refractivity contribution in [1.29, 1.82) is 0 Å². The van der Waals surface area contributed by atoms with E-state index in [1.165, 1.54) is 12.1 Å². The van der Waals surface area contributed by atoms with E-state index in [1.807, 2.05) is 0 Å². The van der Waals surface area contributed by atoms with Gasteiger partial charge in [-0.05, 0) is 43.3 Å². The Morgan fingerprint density at radius 2 is 1.86 bits per heavy atom. The van der Waals surface area contributed by atoms with Crippen LogP contribution in [0.5, 0.6) is 11.5 Å². The molecule has 0 unspecified atom stereocenters. The van der Waals surface area contributed by atoms with Gasteiger partial charge in [0.05, 0.1) is 12.2 Å². The van der Waals surface area contributed by atoms with Gasteiger partial charge in [0.25, 0.3) is 0 Å². The predicted octanol–water partition coefficient (Wildman–Crippen LogP) is 2.89. The van der Waals surface area contributed by atoms with E-state index >= 15 is 0 Å². The Morgan fingerprint density at radius 3 is 2.48 bits per heavy atom. The molecule has 0 aliphatic heterocycles. The second-order valence-corrected chi connectivity index (χ2v) is 4.46. The fourth-order valence-corrected chi connectivity index (χ4v) is 1.84. The van der Waals surface area contributed by atoms with Crippen LogP contribution in [0.15, 0.2) is 42.5 Å². The maximum absolute atomic E-state index is 11.5. The van der Waals surface area contributed by atoms with E-state index in [2.05, 4.69) is 5.32 Å². The van der Waals surface area contributed by atoms with Crippen molar-refractivity contribution in [2.24, 2.45) is 0 Å². The first kappa shape index (κ1) is 14.7. The van der Waals surface area contributed by atoms with Crippen molar-refractivity contribution in [1.82, 2.24) is 0 Å². The lowest BCUT2D eigenvalue weighted by molar-refractivity contribution is 0.0526. The lowest BCUT2D eigenvalue weighted by Gasteiger charge is -2.09. The zero-order valence-corrected chi connectivity index (χ0v) is 11.7. The van der Waals surface area contributed by atoms with Crippen molar-refractivity contribution in [2.75, 3.05) is 11.9 Å². The summed E-state index contributed by atoms with van der Waals surface area (Å²) < 4.78 is 4.91. The Hall–Kier alpha value is -2.69. The van der Waals surface area contributed by atoms with Crippen molar-refractivity contribution < 1.29 is 19.7 Å². The molecule has 0 atom stereocenters. The molecule has 0 spiro atoms. The Kier molecular flexibility index (Phi) is 4.66. The summed E-state index contributed by atoms with van der Waals surface area (Å²) in [5.74, 6) is -0.291. The van der Waals surface area contributed by atoms with Crippen LogP contribution in [-0.2, 0) is 11.3 Å². The third-order valence-electron chi connectivity index (χ3n) is 2.95. The van der Waals surface area contributed by atoms with Crippen LogP contribution in [0.3, 0.4) is 0 Å². The molecule has 21 heavy (non-hydrogen) atoms. The number of carbonyl (C=O) groups is 1. The molecule has 0 amide bonds. The minimum Gasteiger partial charge on any atom is -0.508 e. The van der Waals surface area contributed by atoms with Crippen molar-refractivity contribution >= 4 is 11.7 Å². The first-order chi connectivity index (χ1) is 10.1. The summed E-state index contributed by atoms with van der Waals surface area (Å²) in [4.78, 5) is 11.5. The Morgan fingerprint density at radius 1 is 1.14 bits per heavy atom. The van der Waals surface area contributed by atoms with Gasteiger partial charge in [0.15, 0.2) is 0 Å². The van der Waals surface area contributed by atoms with Crippen LogP contribution in [0.2, 0.25) is 0 Å². The van der Waals surface area contributed by atoms with Gasteiger partial charge in [-0.25, -0.2) is 4.79 Å². The Balaban J connectivity index is 1.99. The minimum atomic E-state index is -0.347. The van der Waals surface area contributed by atoms with Crippen molar-refractivity contribution in [3.8, 4) is 11.5 Å². The lowest BCUT2D eigenvalue weighted by atomic mass is 10.1. The van der Waals surface area contributed by atoms with Gasteiger partial charge < -0.3 is 20.3 Å². The van der Waals surface area contributed by atoms with E-state index in [0.29, 0.717) is 24.3 Å². The second kappa shape index (κ2) is 6.65. The number of nitrogens with one attached hydrogen (secondary N) is 1. The number of benzene rings is 2. The zero-order chi connectivity index (χ0) is 15.2. The maximum atomic E-state index is 11.5. The minimum absolute atomic E-state index is 0.0232. The molecular weight excluding hydrogens is 270 g/mol. The molecule has 2 aromatic rings. The fourth-order valence-electron chi connectivity index (χ4n) is 1.84. The summed E-state index contributed by atoms with van der Waals surface area (Å²) in [5, 5.41) is 22.0. The molecule has 0 radical (unpaired) electrons. The van der Waals surface area contributed by atoms with Crippen molar-refractivity contribution in [3.63, 3.8) is 0 Å². The maximum Gasteiger partial charge on any atom is 0.338 e. The number of aromatic hydroxyl groups is 2. The van der Waals surface area contributed by atoms with Gasteiger partial charge in [0.2, 0.25) is 0 Å². The molecule has 0 heterocycles. The van der Waals surface area contributed by atoms with E-state index in [9.17, 15) is 15.0 Å². The normalized spacial score (nSPS) is 10.1. The SMILES string of the molecule is CCOC(=O)c1ccc(NCc2ccc(O)cc2O)cc1. The Bertz CT molecular complexity index is 623. The second-order valence-electron chi connectivity index (χ2n) is 4.46. The first-order valence-electron chi connectivity index (χ1n) is 6.62. The summed E-state index contributed by atoms with van der Waals surface area (Å²) in [6.07, 6.45) is 0. The quantitative estimate of drug-likeness (QED) is 0.737. The molecule has 0 fully saturated rings. The summed E-state index contributed by atoms with van der Waals surface area (Å²) in [6, 6.07) is 11.3. The number of anilines is 1. The van der Waals surface area contributed by atoms with Crippen LogP contribution in [-0.4, -0.2) is 22.8 Å². The summed E-state index contributed by atoms with van der Waals surface area (Å²) >= 11 is 0. The number of phenols is 2. The number of rotatable bonds is 5. The molecule has 110 valence electrons. The molecule has 2 rings (SSSR count). The molecule has 0 aliphatic rings. The van der Waals surface area contributed by atoms with Gasteiger partial charge in [-0.1, -0.05) is 0 Å². The highest BCUT2D eigenvalue weighted by atomic mass is 16.5. The number of carbonyl (C=O) groups excluding carboxylic acids is 1. The highest BCUT2D eigenvalue weighted by Crippen LogP contribution is 2.23. The van der Waals surface area contributed by atoms with Gasteiger partial charge in [-0.3, -0.25) is 0 Å².